The molecule has 5 rings (SSSR count). The number of carbonyl (C=O) groups excluding carboxylic acids is 1. The number of likely N-dealkylation sites (tertiary alicyclic amines) is 1. The van der Waals surface area contributed by atoms with Crippen molar-refractivity contribution in [2.45, 2.75) is 52.2 Å². The van der Waals surface area contributed by atoms with Gasteiger partial charge >= 0.3 is 10.2 Å². The highest BCUT2D eigenvalue weighted by Gasteiger charge is 2.40. The molecule has 9 heteroatoms. The molecule has 1 N–H and O–H groups in total. The van der Waals surface area contributed by atoms with E-state index in [4.69, 9.17) is 4.74 Å². The zero-order valence-corrected chi connectivity index (χ0v) is 21.0. The van der Waals surface area contributed by atoms with Crippen LogP contribution in [0.25, 0.3) is 0 Å². The number of anilines is 1. The maximum Gasteiger partial charge on any atom is 0.326 e. The molecule has 2 aromatic carbocycles. The number of nitrogens with one attached hydrogen (secondary N) is 1. The molecule has 2 fully saturated rings. The average Bonchev–Trinajstić information content (AvgIpc) is 3.42. The molecule has 0 aromatic heterocycles. The van der Waals surface area contributed by atoms with Crippen molar-refractivity contribution in [1.29, 1.82) is 0 Å². The van der Waals surface area contributed by atoms with E-state index >= 15 is 4.39 Å². The fourth-order valence-corrected chi connectivity index (χ4v) is 6.70. The Morgan fingerprint density at radius 2 is 1.97 bits per heavy atom. The topological polar surface area (TPSA) is 79.0 Å². The van der Waals surface area contributed by atoms with E-state index in [-0.39, 0.29) is 24.1 Å². The summed E-state index contributed by atoms with van der Waals surface area (Å²) >= 11 is 0. The van der Waals surface area contributed by atoms with E-state index in [2.05, 4.69) is 18.7 Å². The molecule has 2 unspecified atom stereocenters. The molecule has 0 bridgehead atoms. The van der Waals surface area contributed by atoms with Gasteiger partial charge in [-0.2, -0.15) is 8.42 Å². The highest BCUT2D eigenvalue weighted by atomic mass is 32.2. The number of hydrogen-bond acceptors (Lipinski definition) is 5. The molecule has 2 aromatic rings. The van der Waals surface area contributed by atoms with E-state index in [0.29, 0.717) is 30.2 Å². The Morgan fingerprint density at radius 1 is 1.20 bits per heavy atom. The van der Waals surface area contributed by atoms with Crippen LogP contribution in [0.4, 0.5) is 10.1 Å². The summed E-state index contributed by atoms with van der Waals surface area (Å²) in [5.74, 6) is 0.122. The highest BCUT2D eigenvalue weighted by molar-refractivity contribution is 7.92. The second-order valence-corrected chi connectivity index (χ2v) is 11.8. The number of fused-ring (bicyclic) bond motifs is 1. The molecule has 188 valence electrons. The van der Waals surface area contributed by atoms with Crippen molar-refractivity contribution in [2.24, 2.45) is 11.8 Å². The van der Waals surface area contributed by atoms with Gasteiger partial charge in [0.25, 0.3) is 5.91 Å². The first-order valence-electron chi connectivity index (χ1n) is 12.3. The van der Waals surface area contributed by atoms with Crippen LogP contribution in [0.3, 0.4) is 0 Å². The van der Waals surface area contributed by atoms with Gasteiger partial charge in [0.05, 0.1) is 0 Å². The van der Waals surface area contributed by atoms with Crippen molar-refractivity contribution in [3.8, 4) is 5.75 Å². The van der Waals surface area contributed by atoms with E-state index in [9.17, 15) is 13.2 Å². The predicted molar refractivity (Wildman–Crippen MR) is 132 cm³/mol. The third-order valence-electron chi connectivity index (χ3n) is 7.61. The van der Waals surface area contributed by atoms with Crippen LogP contribution in [0.1, 0.15) is 43.4 Å². The first-order chi connectivity index (χ1) is 16.7. The van der Waals surface area contributed by atoms with Crippen LogP contribution in [0, 0.1) is 17.7 Å². The van der Waals surface area contributed by atoms with E-state index in [1.54, 1.807) is 6.07 Å². The largest absolute Gasteiger partial charge is 0.487 e. The van der Waals surface area contributed by atoms with E-state index < -0.39 is 28.5 Å². The summed E-state index contributed by atoms with van der Waals surface area (Å²) in [6.45, 7) is 6.22. The number of carbonyl (C=O) groups is 1. The Morgan fingerprint density at radius 3 is 2.63 bits per heavy atom. The van der Waals surface area contributed by atoms with Gasteiger partial charge in [0.15, 0.2) is 5.82 Å². The van der Waals surface area contributed by atoms with Crippen LogP contribution in [-0.4, -0.2) is 44.9 Å². The number of halogens is 1. The van der Waals surface area contributed by atoms with Gasteiger partial charge < -0.3 is 4.74 Å². The maximum absolute atomic E-state index is 16.2. The molecule has 2 saturated heterocycles. The molecule has 0 radical (unpaired) electrons. The average molecular weight is 502 g/mol. The number of ether oxygens (including phenoxy) is 1. The molecule has 2 heterocycles. The van der Waals surface area contributed by atoms with Crippen molar-refractivity contribution in [2.75, 3.05) is 23.9 Å². The van der Waals surface area contributed by atoms with Crippen LogP contribution in [-0.2, 0) is 34.5 Å². The summed E-state index contributed by atoms with van der Waals surface area (Å²) in [6, 6.07) is 11.4. The summed E-state index contributed by atoms with van der Waals surface area (Å²) in [7, 11) is -4.19. The van der Waals surface area contributed by atoms with Crippen LogP contribution >= 0.6 is 0 Å². The molecule has 35 heavy (non-hydrogen) atoms. The third-order valence-corrected chi connectivity index (χ3v) is 8.99. The smallest absolute Gasteiger partial charge is 0.326 e. The number of nitrogens with zero attached hydrogens (tertiary/aromatic N) is 2. The Hall–Kier alpha value is -2.65. The number of rotatable bonds is 6. The molecule has 0 spiro atoms. The van der Waals surface area contributed by atoms with Crippen LogP contribution in [0.2, 0.25) is 0 Å². The number of benzene rings is 2. The lowest BCUT2D eigenvalue weighted by Gasteiger charge is -2.34. The molecule has 2 atom stereocenters. The zero-order chi connectivity index (χ0) is 24.7. The summed E-state index contributed by atoms with van der Waals surface area (Å²) in [5.41, 5.74) is 2.08. The van der Waals surface area contributed by atoms with E-state index in [0.717, 1.165) is 41.4 Å². The Kier molecular flexibility index (Phi) is 6.48. The Labute approximate surface area is 206 Å². The molecule has 1 amide bonds. The van der Waals surface area contributed by atoms with Gasteiger partial charge in [0.1, 0.15) is 24.6 Å². The number of amides is 1. The highest BCUT2D eigenvalue weighted by Crippen LogP contribution is 2.42. The minimum Gasteiger partial charge on any atom is -0.487 e. The normalized spacial score (nSPS) is 24.0. The first kappa shape index (κ1) is 24.1. The molecule has 0 saturated carbocycles. The van der Waals surface area contributed by atoms with Gasteiger partial charge in [0.2, 0.25) is 0 Å². The summed E-state index contributed by atoms with van der Waals surface area (Å²) in [6.07, 6.45) is 3.30. The number of aryl methyl sites for hydroxylation is 1. The van der Waals surface area contributed by atoms with Crippen molar-refractivity contribution in [3.63, 3.8) is 0 Å². The Bertz CT molecular complexity index is 1220. The van der Waals surface area contributed by atoms with Gasteiger partial charge in [-0.05, 0) is 66.8 Å². The first-order valence-corrected chi connectivity index (χ1v) is 13.7. The monoisotopic (exact) mass is 501 g/mol. The third kappa shape index (κ3) is 4.76. The quantitative estimate of drug-likeness (QED) is 0.656. The van der Waals surface area contributed by atoms with Gasteiger partial charge in [-0.25, -0.2) is 13.4 Å². The molecule has 3 aliphatic rings. The van der Waals surface area contributed by atoms with Gasteiger partial charge in [-0.1, -0.05) is 44.2 Å². The molecule has 1 aliphatic carbocycles. The molecular formula is C26H32FN3O4S. The van der Waals surface area contributed by atoms with Gasteiger partial charge in [0, 0.05) is 12.6 Å². The zero-order valence-electron chi connectivity index (χ0n) is 20.2. The lowest BCUT2D eigenvalue weighted by atomic mass is 9.86. The summed E-state index contributed by atoms with van der Waals surface area (Å²) in [5, 5.41) is 0. The maximum atomic E-state index is 16.2. The SMILES string of the molecule is CC(C)C1CCN(C2CCc3cc(OCc4ccccc4)c(N4CC(=O)NS4(=O)=O)c(F)c3C2)C1. The van der Waals surface area contributed by atoms with E-state index in [1.165, 1.54) is 0 Å². The van der Waals surface area contributed by atoms with Crippen molar-refractivity contribution >= 4 is 21.8 Å². The second-order valence-electron chi connectivity index (χ2n) is 10.2. The predicted octanol–water partition coefficient (Wildman–Crippen LogP) is 3.42. The lowest BCUT2D eigenvalue weighted by Crippen LogP contribution is -2.39. The van der Waals surface area contributed by atoms with Gasteiger partial charge in [-0.15, -0.1) is 0 Å². The molecular weight excluding hydrogens is 469 g/mol. The fourth-order valence-electron chi connectivity index (χ4n) is 5.54. The van der Waals surface area contributed by atoms with Crippen molar-refractivity contribution in [3.05, 3.63) is 58.9 Å². The van der Waals surface area contributed by atoms with Crippen molar-refractivity contribution in [1.82, 2.24) is 9.62 Å². The van der Waals surface area contributed by atoms with Gasteiger partial charge in [-0.3, -0.25) is 9.69 Å². The van der Waals surface area contributed by atoms with Crippen LogP contribution < -0.4 is 13.8 Å². The summed E-state index contributed by atoms with van der Waals surface area (Å²) in [4.78, 5) is 14.4. The van der Waals surface area contributed by atoms with E-state index in [1.807, 2.05) is 35.1 Å². The second kappa shape index (κ2) is 9.43. The lowest BCUT2D eigenvalue weighted by molar-refractivity contribution is -0.117. The standard InChI is InChI=1S/C26H32FN3O4S/c1-17(2)20-10-11-29(14-20)21-9-8-19-12-23(34-16-18-6-4-3-5-7-18)26(25(27)22(19)13-21)30-15-24(31)28-35(30,32)33/h3-7,12,17,20-21H,8-11,13-16H2,1-2H3,(H,28,31). The van der Waals surface area contributed by atoms with Crippen molar-refractivity contribution < 1.29 is 22.3 Å². The minimum absolute atomic E-state index is 0.143. The van der Waals surface area contributed by atoms with Crippen LogP contribution in [0.15, 0.2) is 36.4 Å². The molecule has 7 nitrogen and oxygen atoms in total. The summed E-state index contributed by atoms with van der Waals surface area (Å²) < 4.78 is 50.2. The minimum atomic E-state index is -4.19. The number of hydrogen-bond donors (Lipinski definition) is 1. The molecule has 2 aliphatic heterocycles. The fraction of sp³-hybridized carbons (Fsp3) is 0.500. The Balaban J connectivity index is 1.48. The van der Waals surface area contributed by atoms with Crippen LogP contribution in [0.5, 0.6) is 5.75 Å².